The monoisotopic (exact) mass is 393 g/mol. The maximum absolute atomic E-state index is 13.5. The van der Waals surface area contributed by atoms with Crippen LogP contribution in [0.1, 0.15) is 22.1 Å². The van der Waals surface area contributed by atoms with E-state index in [4.69, 9.17) is 27.2 Å². The number of ether oxygens (including phenoxy) is 1. The minimum Gasteiger partial charge on any atom is -0.379 e. The fourth-order valence-corrected chi connectivity index (χ4v) is 3.89. The van der Waals surface area contributed by atoms with Crippen molar-refractivity contribution in [2.24, 2.45) is 5.73 Å². The van der Waals surface area contributed by atoms with Gasteiger partial charge in [-0.2, -0.15) is 5.10 Å². The Morgan fingerprint density at radius 1 is 1.41 bits per heavy atom. The Balaban J connectivity index is 1.73. The number of rotatable bonds is 4. The van der Waals surface area contributed by atoms with Gasteiger partial charge in [0.1, 0.15) is 11.5 Å². The molecule has 27 heavy (non-hydrogen) atoms. The van der Waals surface area contributed by atoms with E-state index in [9.17, 15) is 9.18 Å². The van der Waals surface area contributed by atoms with Gasteiger partial charge in [-0.25, -0.2) is 4.39 Å². The summed E-state index contributed by atoms with van der Waals surface area (Å²) >= 11 is 5.92. The molecular weight excluding hydrogens is 373 g/mol. The normalized spacial score (nSPS) is 20.4. The van der Waals surface area contributed by atoms with Crippen LogP contribution in [0, 0.1) is 5.82 Å². The number of amides is 1. The van der Waals surface area contributed by atoms with Gasteiger partial charge in [-0.1, -0.05) is 11.6 Å². The molecule has 0 aliphatic carbocycles. The third-order valence-electron chi connectivity index (χ3n) is 5.04. The van der Waals surface area contributed by atoms with Crippen LogP contribution in [-0.4, -0.2) is 60.0 Å². The highest BCUT2D eigenvalue weighted by molar-refractivity contribution is 6.31. The fourth-order valence-electron chi connectivity index (χ4n) is 3.71. The summed E-state index contributed by atoms with van der Waals surface area (Å²) < 4.78 is 20.8. The Morgan fingerprint density at radius 2 is 2.19 bits per heavy atom. The maximum Gasteiger partial charge on any atom is 0.252 e. The molecule has 3 N–H and O–H groups in total. The van der Waals surface area contributed by atoms with Gasteiger partial charge in [-0.3, -0.25) is 14.4 Å². The number of halogens is 2. The summed E-state index contributed by atoms with van der Waals surface area (Å²) in [7, 11) is 0. The Morgan fingerprint density at radius 3 is 2.89 bits per heavy atom. The first-order valence-corrected chi connectivity index (χ1v) is 9.30. The average molecular weight is 394 g/mol. The highest BCUT2D eigenvalue weighted by Crippen LogP contribution is 2.31. The zero-order valence-electron chi connectivity index (χ0n) is 14.8. The third kappa shape index (κ3) is 3.58. The van der Waals surface area contributed by atoms with E-state index in [0.29, 0.717) is 23.4 Å². The molecule has 0 unspecified atom stereocenters. The summed E-state index contributed by atoms with van der Waals surface area (Å²) in [4.78, 5) is 14.5. The average Bonchev–Trinajstić information content (AvgIpc) is 3.06. The molecule has 0 radical (unpaired) electrons. The minimum atomic E-state index is -0.555. The van der Waals surface area contributed by atoms with E-state index >= 15 is 0 Å². The molecule has 0 bridgehead atoms. The number of fused-ring (bicyclic) bond motifs is 1. The van der Waals surface area contributed by atoms with E-state index in [1.807, 2.05) is 4.68 Å². The van der Waals surface area contributed by atoms with Gasteiger partial charge < -0.3 is 15.8 Å². The van der Waals surface area contributed by atoms with Gasteiger partial charge in [0, 0.05) is 38.3 Å². The van der Waals surface area contributed by atoms with Crippen molar-refractivity contribution in [3.8, 4) is 11.3 Å². The van der Waals surface area contributed by atoms with Crippen molar-refractivity contribution in [1.29, 1.82) is 0 Å². The van der Waals surface area contributed by atoms with Crippen molar-refractivity contribution in [2.75, 3.05) is 39.4 Å². The second-order valence-corrected chi connectivity index (χ2v) is 7.21. The molecular formula is C18H21ClFN5O2. The topological polar surface area (TPSA) is 85.4 Å². The summed E-state index contributed by atoms with van der Waals surface area (Å²) in [5.74, 6) is -1.07. The van der Waals surface area contributed by atoms with Gasteiger partial charge in [0.2, 0.25) is 0 Å². The summed E-state index contributed by atoms with van der Waals surface area (Å²) in [6.07, 6.45) is 0. The SMILES string of the molecule is NC(=O)c1c(-c2ccc(F)c(Cl)c2)nn2c1CNC[C@@H]2CN1CCOCC1. The summed E-state index contributed by atoms with van der Waals surface area (Å²) in [5, 5.41) is 8.03. The Kier molecular flexibility index (Phi) is 5.14. The molecule has 1 saturated heterocycles. The Labute approximate surface area is 161 Å². The number of hydrogen-bond acceptors (Lipinski definition) is 5. The number of hydrogen-bond donors (Lipinski definition) is 2. The number of nitrogens with two attached hydrogens (primary N) is 1. The van der Waals surface area contributed by atoms with E-state index < -0.39 is 11.7 Å². The van der Waals surface area contributed by atoms with Gasteiger partial charge >= 0.3 is 0 Å². The Bertz CT molecular complexity index is 866. The quantitative estimate of drug-likeness (QED) is 0.820. The van der Waals surface area contributed by atoms with Crippen molar-refractivity contribution in [2.45, 2.75) is 12.6 Å². The Hall–Kier alpha value is -2.00. The lowest BCUT2D eigenvalue weighted by molar-refractivity contribution is 0.0297. The third-order valence-corrected chi connectivity index (χ3v) is 5.33. The number of benzene rings is 1. The molecule has 4 rings (SSSR count). The first-order chi connectivity index (χ1) is 13.0. The molecule has 1 aromatic carbocycles. The van der Waals surface area contributed by atoms with Gasteiger partial charge in [0.15, 0.2) is 0 Å². The zero-order valence-corrected chi connectivity index (χ0v) is 15.5. The molecule has 1 amide bonds. The van der Waals surface area contributed by atoms with Crippen LogP contribution >= 0.6 is 11.6 Å². The number of aromatic nitrogens is 2. The van der Waals surface area contributed by atoms with Crippen LogP contribution in [0.5, 0.6) is 0 Å². The smallest absolute Gasteiger partial charge is 0.252 e. The molecule has 2 aromatic rings. The predicted molar refractivity (Wildman–Crippen MR) is 99.2 cm³/mol. The molecule has 2 aliphatic rings. The van der Waals surface area contributed by atoms with Crippen molar-refractivity contribution in [3.63, 3.8) is 0 Å². The number of morpholine rings is 1. The molecule has 3 heterocycles. The predicted octanol–water partition coefficient (Wildman–Crippen LogP) is 1.42. The van der Waals surface area contributed by atoms with Crippen LogP contribution in [-0.2, 0) is 11.3 Å². The standard InChI is InChI=1S/C18H21ClFN5O2/c19-13-7-11(1-2-14(13)20)17-16(18(21)26)15-9-22-8-12(25(15)23-17)10-24-3-5-27-6-4-24/h1-2,7,12,22H,3-6,8-10H2,(H2,21,26)/t12-/m1/s1. The second-order valence-electron chi connectivity index (χ2n) is 6.81. The maximum atomic E-state index is 13.5. The van der Waals surface area contributed by atoms with Crippen molar-refractivity contribution in [1.82, 2.24) is 20.0 Å². The number of carbonyl (C=O) groups is 1. The molecule has 7 nitrogen and oxygen atoms in total. The van der Waals surface area contributed by atoms with Gasteiger partial charge in [-0.05, 0) is 18.2 Å². The highest BCUT2D eigenvalue weighted by Gasteiger charge is 2.30. The number of nitrogens with one attached hydrogen (secondary N) is 1. The van der Waals surface area contributed by atoms with Gasteiger partial charge in [0.25, 0.3) is 5.91 Å². The van der Waals surface area contributed by atoms with Crippen molar-refractivity contribution in [3.05, 3.63) is 40.3 Å². The van der Waals surface area contributed by atoms with E-state index in [1.165, 1.54) is 12.1 Å². The van der Waals surface area contributed by atoms with E-state index in [2.05, 4.69) is 10.2 Å². The number of nitrogens with zero attached hydrogens (tertiary/aromatic N) is 3. The molecule has 0 spiro atoms. The minimum absolute atomic E-state index is 0.0168. The van der Waals surface area contributed by atoms with Crippen molar-refractivity contribution >= 4 is 17.5 Å². The first-order valence-electron chi connectivity index (χ1n) is 8.92. The van der Waals surface area contributed by atoms with Crippen LogP contribution in [0.15, 0.2) is 18.2 Å². The molecule has 1 fully saturated rings. The molecule has 0 saturated carbocycles. The molecule has 9 heteroatoms. The highest BCUT2D eigenvalue weighted by atomic mass is 35.5. The van der Waals surface area contributed by atoms with Crippen LogP contribution in [0.3, 0.4) is 0 Å². The summed E-state index contributed by atoms with van der Waals surface area (Å²) in [6.45, 7) is 5.23. The number of primary amides is 1. The second kappa shape index (κ2) is 7.55. The molecule has 1 aromatic heterocycles. The molecule has 2 aliphatic heterocycles. The van der Waals surface area contributed by atoms with Crippen molar-refractivity contribution < 1.29 is 13.9 Å². The van der Waals surface area contributed by atoms with Gasteiger partial charge in [-0.15, -0.1) is 0 Å². The van der Waals surface area contributed by atoms with Gasteiger partial charge in [0.05, 0.1) is 35.5 Å². The first kappa shape index (κ1) is 18.4. The van der Waals surface area contributed by atoms with E-state index in [0.717, 1.165) is 45.1 Å². The molecule has 144 valence electrons. The van der Waals surface area contributed by atoms with Crippen LogP contribution in [0.25, 0.3) is 11.3 Å². The van der Waals surface area contributed by atoms with E-state index in [-0.39, 0.29) is 11.1 Å². The summed E-state index contributed by atoms with van der Waals surface area (Å²) in [6, 6.07) is 4.37. The van der Waals surface area contributed by atoms with Crippen LogP contribution in [0.4, 0.5) is 4.39 Å². The lowest BCUT2D eigenvalue weighted by Gasteiger charge is -2.33. The largest absolute Gasteiger partial charge is 0.379 e. The van der Waals surface area contributed by atoms with E-state index in [1.54, 1.807) is 6.07 Å². The zero-order chi connectivity index (χ0) is 19.0. The fraction of sp³-hybridized carbons (Fsp3) is 0.444. The van der Waals surface area contributed by atoms with Crippen LogP contribution < -0.4 is 11.1 Å². The lowest BCUT2D eigenvalue weighted by Crippen LogP contribution is -2.45. The van der Waals surface area contributed by atoms with Crippen LogP contribution in [0.2, 0.25) is 5.02 Å². The summed E-state index contributed by atoms with van der Waals surface area (Å²) in [5.41, 5.74) is 7.79. The number of carbonyl (C=O) groups excluding carboxylic acids is 1. The lowest BCUT2D eigenvalue weighted by atomic mass is 10.0. The molecule has 1 atom stereocenters.